The highest BCUT2D eigenvalue weighted by Crippen LogP contribution is 2.35. The van der Waals surface area contributed by atoms with E-state index in [0.29, 0.717) is 5.02 Å². The number of benzene rings is 2. The normalized spacial score (nSPS) is 12.4. The summed E-state index contributed by atoms with van der Waals surface area (Å²) in [5.74, 6) is 0. The molecule has 0 N–H and O–H groups in total. The van der Waals surface area contributed by atoms with Crippen molar-refractivity contribution in [2.45, 2.75) is 31.6 Å². The molecular weight excluding hydrogens is 355 g/mol. The van der Waals surface area contributed by atoms with Gasteiger partial charge < -0.3 is 0 Å². The van der Waals surface area contributed by atoms with Gasteiger partial charge in [0.25, 0.3) is 0 Å². The monoisotopic (exact) mass is 370 g/mol. The molecule has 0 heterocycles. The zero-order chi connectivity index (χ0) is 14.5. The molecule has 0 spiro atoms. The van der Waals surface area contributed by atoms with E-state index in [-0.39, 0.29) is 5.38 Å². The molecule has 106 valence electrons. The van der Waals surface area contributed by atoms with E-state index < -0.39 is 0 Å². The van der Waals surface area contributed by atoms with Crippen molar-refractivity contribution >= 4 is 39.1 Å². The quantitative estimate of drug-likeness (QED) is 0.508. The van der Waals surface area contributed by atoms with Gasteiger partial charge in [0.1, 0.15) is 0 Å². The summed E-state index contributed by atoms with van der Waals surface area (Å²) in [7, 11) is 0. The second-order valence-corrected chi connectivity index (χ2v) is 6.63. The molecular formula is C17H17BrCl2. The van der Waals surface area contributed by atoms with Gasteiger partial charge in [0.15, 0.2) is 0 Å². The molecule has 20 heavy (non-hydrogen) atoms. The maximum Gasteiger partial charge on any atom is 0.0850 e. The predicted octanol–water partition coefficient (Wildman–Crippen LogP) is 6.77. The number of unbranched alkanes of at least 4 members (excludes halogenated alkanes) is 1. The predicted molar refractivity (Wildman–Crippen MR) is 91.9 cm³/mol. The molecule has 0 saturated heterocycles. The lowest BCUT2D eigenvalue weighted by atomic mass is 10.0. The molecule has 2 aromatic carbocycles. The van der Waals surface area contributed by atoms with Gasteiger partial charge in [-0.2, -0.15) is 0 Å². The number of hydrogen-bond acceptors (Lipinski definition) is 0. The summed E-state index contributed by atoms with van der Waals surface area (Å²) in [4.78, 5) is 0. The maximum atomic E-state index is 6.56. The smallest absolute Gasteiger partial charge is 0.0850 e. The minimum atomic E-state index is -0.222. The van der Waals surface area contributed by atoms with Crippen LogP contribution in [-0.4, -0.2) is 0 Å². The van der Waals surface area contributed by atoms with Crippen molar-refractivity contribution in [3.63, 3.8) is 0 Å². The van der Waals surface area contributed by atoms with Crippen LogP contribution >= 0.6 is 39.1 Å². The summed E-state index contributed by atoms with van der Waals surface area (Å²) >= 11 is 16.3. The van der Waals surface area contributed by atoms with E-state index in [4.69, 9.17) is 23.2 Å². The first-order valence-electron chi connectivity index (χ1n) is 6.79. The topological polar surface area (TPSA) is 0 Å². The molecule has 0 aliphatic carbocycles. The summed E-state index contributed by atoms with van der Waals surface area (Å²) in [5.41, 5.74) is 3.37. The highest BCUT2D eigenvalue weighted by Gasteiger charge is 2.14. The molecule has 0 aliphatic heterocycles. The number of hydrogen-bond donors (Lipinski definition) is 0. The number of aryl methyl sites for hydroxylation is 1. The fourth-order valence-electron chi connectivity index (χ4n) is 2.12. The van der Waals surface area contributed by atoms with E-state index in [0.717, 1.165) is 22.0 Å². The third-order valence-electron chi connectivity index (χ3n) is 3.32. The van der Waals surface area contributed by atoms with Gasteiger partial charge in [-0.3, -0.25) is 0 Å². The molecule has 2 aromatic rings. The highest BCUT2D eigenvalue weighted by atomic mass is 79.9. The second kappa shape index (κ2) is 7.49. The van der Waals surface area contributed by atoms with Crippen molar-refractivity contribution in [2.24, 2.45) is 0 Å². The summed E-state index contributed by atoms with van der Waals surface area (Å²) in [5, 5.41) is 0.475. The summed E-state index contributed by atoms with van der Waals surface area (Å²) < 4.78 is 0.988. The van der Waals surface area contributed by atoms with Gasteiger partial charge in [-0.1, -0.05) is 65.1 Å². The number of alkyl halides is 1. The Balaban J connectivity index is 2.20. The first kappa shape index (κ1) is 15.9. The molecule has 0 bridgehead atoms. The Hall–Kier alpha value is -0.500. The molecule has 0 aromatic heterocycles. The Morgan fingerprint density at radius 1 is 1.10 bits per heavy atom. The highest BCUT2D eigenvalue weighted by molar-refractivity contribution is 9.10. The van der Waals surface area contributed by atoms with Crippen LogP contribution in [0.1, 0.15) is 41.8 Å². The zero-order valence-corrected chi connectivity index (χ0v) is 14.5. The largest absolute Gasteiger partial charge is 0.113 e. The lowest BCUT2D eigenvalue weighted by Crippen LogP contribution is -1.95. The van der Waals surface area contributed by atoms with E-state index in [9.17, 15) is 0 Å². The zero-order valence-electron chi connectivity index (χ0n) is 11.4. The van der Waals surface area contributed by atoms with Gasteiger partial charge >= 0.3 is 0 Å². The van der Waals surface area contributed by atoms with E-state index >= 15 is 0 Å². The summed E-state index contributed by atoms with van der Waals surface area (Å²) in [6.07, 6.45) is 3.57. The summed E-state index contributed by atoms with van der Waals surface area (Å²) in [6, 6.07) is 14.3. The number of halogens is 3. The molecule has 0 amide bonds. The average molecular weight is 372 g/mol. The van der Waals surface area contributed by atoms with Crippen LogP contribution in [0.3, 0.4) is 0 Å². The lowest BCUT2D eigenvalue weighted by molar-refractivity contribution is 0.794. The molecule has 3 heteroatoms. The molecule has 1 unspecified atom stereocenters. The summed E-state index contributed by atoms with van der Waals surface area (Å²) in [6.45, 7) is 2.21. The minimum Gasteiger partial charge on any atom is -0.113 e. The van der Waals surface area contributed by atoms with Crippen LogP contribution in [0, 0.1) is 0 Å². The van der Waals surface area contributed by atoms with Crippen LogP contribution in [0.5, 0.6) is 0 Å². The number of rotatable bonds is 5. The van der Waals surface area contributed by atoms with Gasteiger partial charge in [0, 0.05) is 9.50 Å². The van der Waals surface area contributed by atoms with Crippen LogP contribution in [-0.2, 0) is 6.42 Å². The third-order valence-corrected chi connectivity index (χ3v) is 4.65. The van der Waals surface area contributed by atoms with Gasteiger partial charge in [0.2, 0.25) is 0 Å². The van der Waals surface area contributed by atoms with Crippen molar-refractivity contribution in [1.29, 1.82) is 0 Å². The van der Waals surface area contributed by atoms with Gasteiger partial charge in [-0.05, 0) is 47.7 Å². The second-order valence-electron chi connectivity index (χ2n) is 4.87. The molecule has 0 radical (unpaired) electrons. The standard InChI is InChI=1S/C17H17BrCl2/c1-2-3-4-12-5-7-13(8-6-12)17(20)15-11-14(18)9-10-16(15)19/h5-11,17H,2-4H2,1H3. The fraction of sp³-hybridized carbons (Fsp3) is 0.294. The van der Waals surface area contributed by atoms with E-state index in [2.05, 4.69) is 47.1 Å². The Morgan fingerprint density at radius 3 is 2.45 bits per heavy atom. The molecule has 0 saturated carbocycles. The van der Waals surface area contributed by atoms with Gasteiger partial charge in [0.05, 0.1) is 5.38 Å². The van der Waals surface area contributed by atoms with Crippen LogP contribution in [0.15, 0.2) is 46.9 Å². The molecule has 0 aliphatic rings. The first-order valence-corrected chi connectivity index (χ1v) is 8.40. The van der Waals surface area contributed by atoms with Gasteiger partial charge in [-0.15, -0.1) is 11.6 Å². The maximum absolute atomic E-state index is 6.56. The van der Waals surface area contributed by atoms with Crippen molar-refractivity contribution in [2.75, 3.05) is 0 Å². The van der Waals surface area contributed by atoms with Crippen LogP contribution in [0.2, 0.25) is 5.02 Å². The minimum absolute atomic E-state index is 0.222. The van der Waals surface area contributed by atoms with Crippen molar-refractivity contribution in [3.8, 4) is 0 Å². The third kappa shape index (κ3) is 4.00. The van der Waals surface area contributed by atoms with E-state index in [1.54, 1.807) is 0 Å². The molecule has 1 atom stereocenters. The Bertz CT molecular complexity index is 564. The molecule has 0 fully saturated rings. The Labute approximate surface area is 139 Å². The van der Waals surface area contributed by atoms with Crippen LogP contribution in [0.25, 0.3) is 0 Å². The van der Waals surface area contributed by atoms with E-state index in [1.165, 1.54) is 18.4 Å². The van der Waals surface area contributed by atoms with Crippen molar-refractivity contribution in [3.05, 3.63) is 68.7 Å². The van der Waals surface area contributed by atoms with Crippen molar-refractivity contribution in [1.82, 2.24) is 0 Å². The molecule has 0 nitrogen and oxygen atoms in total. The van der Waals surface area contributed by atoms with E-state index in [1.807, 2.05) is 18.2 Å². The van der Waals surface area contributed by atoms with Gasteiger partial charge in [-0.25, -0.2) is 0 Å². The van der Waals surface area contributed by atoms with Crippen molar-refractivity contribution < 1.29 is 0 Å². The SMILES string of the molecule is CCCCc1ccc(C(Cl)c2cc(Br)ccc2Cl)cc1. The Kier molecular flexibility index (Phi) is 5.95. The Morgan fingerprint density at radius 2 is 1.80 bits per heavy atom. The fourth-order valence-corrected chi connectivity index (χ4v) is 3.11. The lowest BCUT2D eigenvalue weighted by Gasteiger charge is -2.13. The first-order chi connectivity index (χ1) is 9.61. The van der Waals surface area contributed by atoms with Crippen LogP contribution < -0.4 is 0 Å². The average Bonchev–Trinajstić information content (AvgIpc) is 2.47. The molecule has 2 rings (SSSR count). The van der Waals surface area contributed by atoms with Crippen LogP contribution in [0.4, 0.5) is 0 Å².